The van der Waals surface area contributed by atoms with Crippen LogP contribution in [0.4, 0.5) is 0 Å². The Bertz CT molecular complexity index is 161. The molecule has 0 unspecified atom stereocenters. The second kappa shape index (κ2) is 3.53. The van der Waals surface area contributed by atoms with E-state index in [2.05, 4.69) is 6.58 Å². The lowest BCUT2D eigenvalue weighted by Gasteiger charge is -2.19. The van der Waals surface area contributed by atoms with Crippen LogP contribution < -0.4 is 0 Å². The molecular formula is C8H13NO2. The molecule has 0 bridgehead atoms. The zero-order valence-corrected chi connectivity index (χ0v) is 6.49. The number of carboxylic acids is 1. The lowest BCUT2D eigenvalue weighted by molar-refractivity contribution is -0.141. The van der Waals surface area contributed by atoms with E-state index in [1.165, 1.54) is 6.08 Å². The third-order valence-electron chi connectivity index (χ3n) is 2.01. The second-order valence-corrected chi connectivity index (χ2v) is 2.76. The normalized spacial score (nSPS) is 21.5. The van der Waals surface area contributed by atoms with Crippen LogP contribution in [0.3, 0.4) is 0 Å². The largest absolute Gasteiger partial charge is 0.480 e. The van der Waals surface area contributed by atoms with E-state index in [1.807, 2.05) is 4.90 Å². The topological polar surface area (TPSA) is 40.5 Å². The van der Waals surface area contributed by atoms with E-state index in [-0.39, 0.29) is 0 Å². The van der Waals surface area contributed by atoms with E-state index < -0.39 is 12.0 Å². The molecule has 1 rings (SSSR count). The van der Waals surface area contributed by atoms with E-state index in [0.717, 1.165) is 25.9 Å². The summed E-state index contributed by atoms with van der Waals surface area (Å²) in [5.74, 6) is -0.790. The maximum Gasteiger partial charge on any atom is 0.324 e. The summed E-state index contributed by atoms with van der Waals surface area (Å²) in [5, 5.41) is 8.72. The van der Waals surface area contributed by atoms with Gasteiger partial charge in [0.15, 0.2) is 0 Å². The zero-order chi connectivity index (χ0) is 8.27. The summed E-state index contributed by atoms with van der Waals surface area (Å²) >= 11 is 0. The van der Waals surface area contributed by atoms with Crippen LogP contribution >= 0.6 is 0 Å². The molecular weight excluding hydrogens is 142 g/mol. The summed E-state index contributed by atoms with van der Waals surface area (Å²) in [6.45, 7) is 5.29. The van der Waals surface area contributed by atoms with Gasteiger partial charge in [0.25, 0.3) is 0 Å². The number of carbonyl (C=O) groups is 1. The van der Waals surface area contributed by atoms with Crippen LogP contribution in [0, 0.1) is 0 Å². The molecule has 62 valence electrons. The van der Waals surface area contributed by atoms with E-state index in [4.69, 9.17) is 5.11 Å². The fourth-order valence-electron chi connectivity index (χ4n) is 1.43. The standard InChI is InChI=1S/C8H13NO2/c1-2-7(8(10)11)9-5-3-4-6-9/h2,7H,1,3-6H2,(H,10,11)/t7-/m0/s1. The molecule has 1 atom stereocenters. The average Bonchev–Trinajstić information content (AvgIpc) is 2.40. The van der Waals surface area contributed by atoms with Gasteiger partial charge in [-0.2, -0.15) is 0 Å². The van der Waals surface area contributed by atoms with Gasteiger partial charge in [-0.3, -0.25) is 9.69 Å². The Kier molecular flexibility index (Phi) is 2.65. The predicted molar refractivity (Wildman–Crippen MR) is 42.4 cm³/mol. The van der Waals surface area contributed by atoms with Crippen LogP contribution in [-0.4, -0.2) is 35.1 Å². The summed E-state index contributed by atoms with van der Waals surface area (Å²) in [4.78, 5) is 12.5. The number of likely N-dealkylation sites (tertiary alicyclic amines) is 1. The summed E-state index contributed by atoms with van der Waals surface area (Å²) in [7, 11) is 0. The van der Waals surface area contributed by atoms with Crippen molar-refractivity contribution in [3.05, 3.63) is 12.7 Å². The highest BCUT2D eigenvalue weighted by Gasteiger charge is 2.24. The van der Waals surface area contributed by atoms with Gasteiger partial charge in [0.2, 0.25) is 0 Å². The third-order valence-corrected chi connectivity index (χ3v) is 2.01. The Balaban J connectivity index is 2.53. The molecule has 1 aliphatic rings. The molecule has 0 radical (unpaired) electrons. The lowest BCUT2D eigenvalue weighted by atomic mass is 10.2. The Morgan fingerprint density at radius 3 is 2.45 bits per heavy atom. The highest BCUT2D eigenvalue weighted by atomic mass is 16.4. The molecule has 0 amide bonds. The SMILES string of the molecule is C=C[C@@H](C(=O)O)N1CCCC1. The van der Waals surface area contributed by atoms with Gasteiger partial charge in [0.05, 0.1) is 0 Å². The van der Waals surface area contributed by atoms with Gasteiger partial charge in [-0.1, -0.05) is 6.08 Å². The van der Waals surface area contributed by atoms with E-state index in [0.29, 0.717) is 0 Å². The number of rotatable bonds is 3. The van der Waals surface area contributed by atoms with Crippen molar-refractivity contribution in [2.75, 3.05) is 13.1 Å². The van der Waals surface area contributed by atoms with Crippen molar-refractivity contribution in [1.82, 2.24) is 4.90 Å². The van der Waals surface area contributed by atoms with Crippen molar-refractivity contribution in [2.24, 2.45) is 0 Å². The molecule has 1 N–H and O–H groups in total. The zero-order valence-electron chi connectivity index (χ0n) is 6.49. The first-order chi connectivity index (χ1) is 5.25. The minimum Gasteiger partial charge on any atom is -0.480 e. The number of nitrogens with zero attached hydrogens (tertiary/aromatic N) is 1. The monoisotopic (exact) mass is 155 g/mol. The van der Waals surface area contributed by atoms with Gasteiger partial charge in [0.1, 0.15) is 6.04 Å². The number of aliphatic carboxylic acids is 1. The van der Waals surface area contributed by atoms with E-state index in [1.54, 1.807) is 0 Å². The molecule has 0 aliphatic carbocycles. The maximum atomic E-state index is 10.6. The number of carboxylic acid groups (broad SMARTS) is 1. The van der Waals surface area contributed by atoms with Crippen molar-refractivity contribution in [3.8, 4) is 0 Å². The molecule has 0 saturated carbocycles. The first-order valence-electron chi connectivity index (χ1n) is 3.85. The molecule has 1 aliphatic heterocycles. The molecule has 1 saturated heterocycles. The highest BCUT2D eigenvalue weighted by Crippen LogP contribution is 2.12. The summed E-state index contributed by atoms with van der Waals surface area (Å²) < 4.78 is 0. The second-order valence-electron chi connectivity index (χ2n) is 2.76. The molecule has 11 heavy (non-hydrogen) atoms. The molecule has 0 spiro atoms. The van der Waals surface area contributed by atoms with Gasteiger partial charge >= 0.3 is 5.97 Å². The molecule has 3 nitrogen and oxygen atoms in total. The smallest absolute Gasteiger partial charge is 0.324 e. The summed E-state index contributed by atoms with van der Waals surface area (Å²) in [5.41, 5.74) is 0. The minimum atomic E-state index is -0.790. The lowest BCUT2D eigenvalue weighted by Crippen LogP contribution is -2.37. The van der Waals surface area contributed by atoms with Crippen LogP contribution in [0.2, 0.25) is 0 Å². The number of hydrogen-bond acceptors (Lipinski definition) is 2. The van der Waals surface area contributed by atoms with Crippen molar-refractivity contribution in [2.45, 2.75) is 18.9 Å². The van der Waals surface area contributed by atoms with Crippen LogP contribution in [0.25, 0.3) is 0 Å². The molecule has 3 heteroatoms. The predicted octanol–water partition coefficient (Wildman–Crippen LogP) is 0.721. The average molecular weight is 155 g/mol. The number of hydrogen-bond donors (Lipinski definition) is 1. The van der Waals surface area contributed by atoms with Crippen molar-refractivity contribution in [1.29, 1.82) is 0 Å². The van der Waals surface area contributed by atoms with Gasteiger partial charge in [-0.25, -0.2) is 0 Å². The van der Waals surface area contributed by atoms with E-state index >= 15 is 0 Å². The Hall–Kier alpha value is -0.830. The highest BCUT2D eigenvalue weighted by molar-refractivity contribution is 5.75. The van der Waals surface area contributed by atoms with Crippen LogP contribution in [0.1, 0.15) is 12.8 Å². The van der Waals surface area contributed by atoms with Gasteiger partial charge in [-0.05, 0) is 25.9 Å². The minimum absolute atomic E-state index is 0.475. The van der Waals surface area contributed by atoms with Crippen molar-refractivity contribution >= 4 is 5.97 Å². The molecule has 1 fully saturated rings. The molecule has 0 aromatic heterocycles. The first kappa shape index (κ1) is 8.27. The molecule has 0 aromatic carbocycles. The van der Waals surface area contributed by atoms with Gasteiger partial charge in [-0.15, -0.1) is 6.58 Å². The van der Waals surface area contributed by atoms with Crippen LogP contribution in [0.15, 0.2) is 12.7 Å². The van der Waals surface area contributed by atoms with Crippen molar-refractivity contribution in [3.63, 3.8) is 0 Å². The fourth-order valence-corrected chi connectivity index (χ4v) is 1.43. The van der Waals surface area contributed by atoms with Crippen molar-refractivity contribution < 1.29 is 9.90 Å². The first-order valence-corrected chi connectivity index (χ1v) is 3.85. The summed E-state index contributed by atoms with van der Waals surface area (Å²) in [6.07, 6.45) is 3.71. The molecule has 1 heterocycles. The quantitative estimate of drug-likeness (QED) is 0.610. The van der Waals surface area contributed by atoms with E-state index in [9.17, 15) is 4.79 Å². The Labute approximate surface area is 66.3 Å². The maximum absolute atomic E-state index is 10.6. The van der Waals surface area contributed by atoms with Gasteiger partial charge < -0.3 is 5.11 Å². The Morgan fingerprint density at radius 2 is 2.09 bits per heavy atom. The van der Waals surface area contributed by atoms with Gasteiger partial charge in [0, 0.05) is 0 Å². The van der Waals surface area contributed by atoms with Crippen LogP contribution in [-0.2, 0) is 4.79 Å². The van der Waals surface area contributed by atoms with Crippen LogP contribution in [0.5, 0.6) is 0 Å². The summed E-state index contributed by atoms with van der Waals surface area (Å²) in [6, 6.07) is -0.475. The Morgan fingerprint density at radius 1 is 1.55 bits per heavy atom. The fraction of sp³-hybridized carbons (Fsp3) is 0.625. The third kappa shape index (κ3) is 1.80. The molecule has 0 aromatic rings.